The summed E-state index contributed by atoms with van der Waals surface area (Å²) in [5, 5.41) is 0. The Morgan fingerprint density at radius 1 is 1.00 bits per heavy atom. The lowest BCUT2D eigenvalue weighted by Crippen LogP contribution is -2.20. The Bertz CT molecular complexity index is 902. The number of halogens is 3. The van der Waals surface area contributed by atoms with Crippen LogP contribution in [0, 0.1) is 0 Å². The molecule has 0 aliphatic heterocycles. The minimum Gasteiger partial charge on any atom is -0.383 e. The minimum absolute atomic E-state index is 0.637. The highest BCUT2D eigenvalue weighted by Gasteiger charge is 2.29. The van der Waals surface area contributed by atoms with E-state index in [1.807, 2.05) is 48.4 Å². The molecule has 1 heterocycles. The number of anilines is 1. The van der Waals surface area contributed by atoms with Crippen molar-refractivity contribution in [2.45, 2.75) is 19.1 Å². The second-order valence-electron chi connectivity index (χ2n) is 6.89. The molecule has 0 aliphatic carbocycles. The van der Waals surface area contributed by atoms with Crippen LogP contribution in [-0.4, -0.2) is 36.9 Å². The van der Waals surface area contributed by atoms with E-state index in [1.165, 1.54) is 12.1 Å². The van der Waals surface area contributed by atoms with Gasteiger partial charge in [0.1, 0.15) is 0 Å². The summed E-state index contributed by atoms with van der Waals surface area (Å²) in [5.74, 6) is 0. The fraction of sp³-hybridized carbons (Fsp3) is 0.318. The second-order valence-corrected chi connectivity index (χ2v) is 6.89. The lowest BCUT2D eigenvalue weighted by molar-refractivity contribution is -0.137. The standard InChI is InChI=1S/C22H24F3N3O/c1-27(12-11-20-15-28(16-26-20)13-14-29-2)21-9-5-18(6-10-21)17-3-7-19(8-4-17)22(23,24)25/h3-10,15-16H,11-14H2,1-2H3. The van der Waals surface area contributed by atoms with Crippen molar-refractivity contribution in [1.82, 2.24) is 9.55 Å². The fourth-order valence-corrected chi connectivity index (χ4v) is 3.03. The average molecular weight is 403 g/mol. The molecule has 0 radical (unpaired) electrons. The van der Waals surface area contributed by atoms with Crippen molar-refractivity contribution in [2.75, 3.05) is 32.2 Å². The minimum atomic E-state index is -4.31. The Kier molecular flexibility index (Phi) is 6.59. The van der Waals surface area contributed by atoms with Crippen molar-refractivity contribution in [3.05, 3.63) is 72.3 Å². The zero-order valence-electron chi connectivity index (χ0n) is 16.5. The van der Waals surface area contributed by atoms with Gasteiger partial charge in [0.2, 0.25) is 0 Å². The summed E-state index contributed by atoms with van der Waals surface area (Å²) in [6, 6.07) is 13.0. The maximum absolute atomic E-state index is 12.7. The van der Waals surface area contributed by atoms with Crippen LogP contribution in [-0.2, 0) is 23.9 Å². The SMILES string of the molecule is COCCn1cnc(CCN(C)c2ccc(-c3ccc(C(F)(F)F)cc3)cc2)c1. The molecule has 3 aromatic rings. The molecule has 7 heteroatoms. The smallest absolute Gasteiger partial charge is 0.383 e. The van der Waals surface area contributed by atoms with E-state index < -0.39 is 11.7 Å². The molecule has 1 aromatic heterocycles. The van der Waals surface area contributed by atoms with Gasteiger partial charge in [0.05, 0.1) is 24.2 Å². The fourth-order valence-electron chi connectivity index (χ4n) is 3.03. The van der Waals surface area contributed by atoms with Gasteiger partial charge < -0.3 is 14.2 Å². The first kappa shape index (κ1) is 20.9. The van der Waals surface area contributed by atoms with E-state index in [2.05, 4.69) is 9.88 Å². The zero-order chi connectivity index (χ0) is 20.9. The molecule has 0 N–H and O–H groups in total. The highest BCUT2D eigenvalue weighted by molar-refractivity contribution is 5.66. The van der Waals surface area contributed by atoms with Crippen molar-refractivity contribution < 1.29 is 17.9 Å². The van der Waals surface area contributed by atoms with Gasteiger partial charge in [0.25, 0.3) is 0 Å². The lowest BCUT2D eigenvalue weighted by Gasteiger charge is -2.19. The van der Waals surface area contributed by atoms with Crippen LogP contribution in [0.2, 0.25) is 0 Å². The second kappa shape index (κ2) is 9.13. The van der Waals surface area contributed by atoms with Crippen molar-refractivity contribution in [3.63, 3.8) is 0 Å². The summed E-state index contributed by atoms with van der Waals surface area (Å²) in [7, 11) is 3.69. The summed E-state index contributed by atoms with van der Waals surface area (Å²) in [5.41, 5.74) is 3.07. The van der Waals surface area contributed by atoms with E-state index in [0.29, 0.717) is 6.61 Å². The molecule has 0 unspecified atom stereocenters. The van der Waals surface area contributed by atoms with E-state index >= 15 is 0 Å². The Morgan fingerprint density at radius 2 is 1.62 bits per heavy atom. The van der Waals surface area contributed by atoms with Gasteiger partial charge in [0.15, 0.2) is 0 Å². The van der Waals surface area contributed by atoms with Crippen LogP contribution in [0.5, 0.6) is 0 Å². The summed E-state index contributed by atoms with van der Waals surface area (Å²) in [4.78, 5) is 6.54. The molecule has 154 valence electrons. The van der Waals surface area contributed by atoms with E-state index in [4.69, 9.17) is 4.74 Å². The van der Waals surface area contributed by atoms with Gasteiger partial charge in [-0.2, -0.15) is 13.2 Å². The maximum Gasteiger partial charge on any atom is 0.416 e. The van der Waals surface area contributed by atoms with Gasteiger partial charge in [-0.3, -0.25) is 0 Å². The van der Waals surface area contributed by atoms with Crippen LogP contribution >= 0.6 is 0 Å². The number of nitrogens with zero attached hydrogens (tertiary/aromatic N) is 3. The molecule has 4 nitrogen and oxygen atoms in total. The number of likely N-dealkylation sites (N-methyl/N-ethyl adjacent to an activating group) is 1. The summed E-state index contributed by atoms with van der Waals surface area (Å²) in [6.07, 6.45) is 0.343. The van der Waals surface area contributed by atoms with E-state index in [0.717, 1.165) is 54.2 Å². The molecule has 0 fully saturated rings. The normalized spacial score (nSPS) is 11.6. The Labute approximate surface area is 168 Å². The molecule has 0 atom stereocenters. The van der Waals surface area contributed by atoms with Gasteiger partial charge in [-0.15, -0.1) is 0 Å². The molecule has 2 aromatic carbocycles. The maximum atomic E-state index is 12.7. The summed E-state index contributed by atoms with van der Waals surface area (Å²) < 4.78 is 45.2. The van der Waals surface area contributed by atoms with Gasteiger partial charge in [-0.05, 0) is 35.4 Å². The van der Waals surface area contributed by atoms with Crippen molar-refractivity contribution in [1.29, 1.82) is 0 Å². The van der Waals surface area contributed by atoms with Crippen LogP contribution in [0.4, 0.5) is 18.9 Å². The van der Waals surface area contributed by atoms with Crippen LogP contribution in [0.3, 0.4) is 0 Å². The number of hydrogen-bond acceptors (Lipinski definition) is 3. The molecule has 0 spiro atoms. The molecule has 29 heavy (non-hydrogen) atoms. The first-order chi connectivity index (χ1) is 13.9. The van der Waals surface area contributed by atoms with Crippen LogP contribution in [0.25, 0.3) is 11.1 Å². The number of imidazole rings is 1. The average Bonchev–Trinajstić information content (AvgIpc) is 3.18. The zero-order valence-corrected chi connectivity index (χ0v) is 16.5. The van der Waals surface area contributed by atoms with Crippen molar-refractivity contribution in [2.24, 2.45) is 0 Å². The van der Waals surface area contributed by atoms with Gasteiger partial charge in [-0.25, -0.2) is 4.98 Å². The van der Waals surface area contributed by atoms with Gasteiger partial charge >= 0.3 is 6.18 Å². The van der Waals surface area contributed by atoms with E-state index in [9.17, 15) is 13.2 Å². The molecular formula is C22H24F3N3O. The molecule has 0 aliphatic rings. The van der Waals surface area contributed by atoms with Gasteiger partial charge in [-0.1, -0.05) is 24.3 Å². The topological polar surface area (TPSA) is 30.3 Å². The van der Waals surface area contributed by atoms with Crippen LogP contribution < -0.4 is 4.90 Å². The number of ether oxygens (including phenoxy) is 1. The Hall–Kier alpha value is -2.80. The number of rotatable bonds is 8. The number of alkyl halides is 3. The highest BCUT2D eigenvalue weighted by atomic mass is 19.4. The summed E-state index contributed by atoms with van der Waals surface area (Å²) in [6.45, 7) is 2.24. The predicted molar refractivity (Wildman–Crippen MR) is 108 cm³/mol. The molecule has 0 saturated carbocycles. The lowest BCUT2D eigenvalue weighted by atomic mass is 10.0. The van der Waals surface area contributed by atoms with E-state index in [1.54, 1.807) is 7.11 Å². The van der Waals surface area contributed by atoms with Gasteiger partial charge in [0, 0.05) is 45.6 Å². The molecule has 3 rings (SSSR count). The third-order valence-corrected chi connectivity index (χ3v) is 4.80. The monoisotopic (exact) mass is 403 g/mol. The third kappa shape index (κ3) is 5.60. The van der Waals surface area contributed by atoms with Crippen LogP contribution in [0.15, 0.2) is 61.1 Å². The van der Waals surface area contributed by atoms with Crippen molar-refractivity contribution in [3.8, 4) is 11.1 Å². The van der Waals surface area contributed by atoms with E-state index in [-0.39, 0.29) is 0 Å². The largest absolute Gasteiger partial charge is 0.416 e. The number of hydrogen-bond donors (Lipinski definition) is 0. The molecule has 0 saturated heterocycles. The Balaban J connectivity index is 1.58. The first-order valence-corrected chi connectivity index (χ1v) is 9.35. The van der Waals surface area contributed by atoms with Crippen molar-refractivity contribution >= 4 is 5.69 Å². The van der Waals surface area contributed by atoms with Crippen LogP contribution in [0.1, 0.15) is 11.3 Å². The molecule has 0 amide bonds. The quantitative estimate of drug-likeness (QED) is 0.536. The predicted octanol–water partition coefficient (Wildman–Crippen LogP) is 4.89. The number of methoxy groups -OCH3 is 1. The first-order valence-electron chi connectivity index (χ1n) is 9.35. The highest BCUT2D eigenvalue weighted by Crippen LogP contribution is 2.31. The molecular weight excluding hydrogens is 379 g/mol. The summed E-state index contributed by atoms with van der Waals surface area (Å²) >= 11 is 0. The number of benzene rings is 2. The Morgan fingerprint density at radius 3 is 2.21 bits per heavy atom. The third-order valence-electron chi connectivity index (χ3n) is 4.80. The number of aromatic nitrogens is 2. The molecule has 0 bridgehead atoms.